The van der Waals surface area contributed by atoms with Gasteiger partial charge in [0.05, 0.1) is 23.3 Å². The minimum absolute atomic E-state index is 0.221. The van der Waals surface area contributed by atoms with Gasteiger partial charge in [0.2, 0.25) is 0 Å². The third kappa shape index (κ3) is 6.46. The van der Waals surface area contributed by atoms with Crippen LogP contribution in [0.1, 0.15) is 21.5 Å². The summed E-state index contributed by atoms with van der Waals surface area (Å²) in [7, 11) is 0. The van der Waals surface area contributed by atoms with Crippen LogP contribution in [0.4, 0.5) is 0 Å². The molecule has 0 aromatic heterocycles. The lowest BCUT2D eigenvalue weighted by molar-refractivity contribution is -0.120. The maximum absolute atomic E-state index is 12.0. The largest absolute Gasteiger partial charge is 0.489 e. The maximum Gasteiger partial charge on any atom is 0.259 e. The van der Waals surface area contributed by atoms with Gasteiger partial charge in [0.15, 0.2) is 0 Å². The highest BCUT2D eigenvalue weighted by Crippen LogP contribution is 2.15. The number of nitrogens with one attached hydrogen (secondary N) is 2. The zero-order valence-electron chi connectivity index (χ0n) is 16.0. The Labute approximate surface area is 179 Å². The standard InChI is InChI=1S/C23H20ClN3O3/c24-21-12-5-4-11-20(21)23(29)25-15-22(28)27-26-14-18-9-6-10-19(13-18)30-16-17-7-2-1-3-8-17/h1-14H,15-16H2,(H,25,29)(H,27,28)/b26-14+. The summed E-state index contributed by atoms with van der Waals surface area (Å²) in [5, 5.41) is 6.73. The Hall–Kier alpha value is -3.64. The summed E-state index contributed by atoms with van der Waals surface area (Å²) in [6, 6.07) is 23.8. The van der Waals surface area contributed by atoms with E-state index in [0.29, 0.717) is 22.9 Å². The van der Waals surface area contributed by atoms with Crippen LogP contribution in [0.15, 0.2) is 84.0 Å². The Bertz CT molecular complexity index is 1040. The van der Waals surface area contributed by atoms with Crippen LogP contribution in [0.2, 0.25) is 5.02 Å². The van der Waals surface area contributed by atoms with Crippen molar-refractivity contribution < 1.29 is 14.3 Å². The molecule has 0 radical (unpaired) electrons. The molecular formula is C23H20ClN3O3. The first-order valence-corrected chi connectivity index (χ1v) is 9.61. The van der Waals surface area contributed by atoms with Crippen molar-refractivity contribution in [1.29, 1.82) is 0 Å². The molecule has 0 aliphatic rings. The molecular weight excluding hydrogens is 402 g/mol. The van der Waals surface area contributed by atoms with Gasteiger partial charge in [-0.05, 0) is 35.4 Å². The van der Waals surface area contributed by atoms with Crippen molar-refractivity contribution in [2.45, 2.75) is 6.61 Å². The summed E-state index contributed by atoms with van der Waals surface area (Å²) in [6.07, 6.45) is 1.50. The number of ether oxygens (including phenoxy) is 1. The molecule has 0 saturated heterocycles. The van der Waals surface area contributed by atoms with E-state index in [1.165, 1.54) is 6.21 Å². The molecule has 2 N–H and O–H groups in total. The number of amides is 2. The monoisotopic (exact) mass is 421 g/mol. The number of halogens is 1. The normalized spacial score (nSPS) is 10.6. The molecule has 0 aliphatic carbocycles. The number of carbonyl (C=O) groups excluding carboxylic acids is 2. The Kier molecular flexibility index (Phi) is 7.58. The van der Waals surface area contributed by atoms with Crippen LogP contribution >= 0.6 is 11.6 Å². The number of nitrogens with zero attached hydrogens (tertiary/aromatic N) is 1. The summed E-state index contributed by atoms with van der Waals surface area (Å²) in [5.74, 6) is -0.188. The van der Waals surface area contributed by atoms with Crippen molar-refractivity contribution in [3.63, 3.8) is 0 Å². The first-order chi connectivity index (χ1) is 14.6. The van der Waals surface area contributed by atoms with E-state index < -0.39 is 11.8 Å². The van der Waals surface area contributed by atoms with Gasteiger partial charge >= 0.3 is 0 Å². The first-order valence-electron chi connectivity index (χ1n) is 9.23. The molecule has 0 saturated carbocycles. The van der Waals surface area contributed by atoms with Gasteiger partial charge in [0.25, 0.3) is 11.8 Å². The molecule has 0 atom stereocenters. The van der Waals surface area contributed by atoms with E-state index >= 15 is 0 Å². The number of benzene rings is 3. The van der Waals surface area contributed by atoms with E-state index in [1.54, 1.807) is 24.3 Å². The summed E-state index contributed by atoms with van der Waals surface area (Å²) >= 11 is 5.96. The van der Waals surface area contributed by atoms with Gasteiger partial charge in [-0.3, -0.25) is 9.59 Å². The molecule has 0 aliphatic heterocycles. The highest BCUT2D eigenvalue weighted by Gasteiger charge is 2.10. The molecule has 6 nitrogen and oxygen atoms in total. The highest BCUT2D eigenvalue weighted by atomic mass is 35.5. The predicted molar refractivity (Wildman–Crippen MR) is 117 cm³/mol. The van der Waals surface area contributed by atoms with Crippen LogP contribution in [0.5, 0.6) is 5.75 Å². The second-order valence-corrected chi connectivity index (χ2v) is 6.71. The summed E-state index contributed by atoms with van der Waals surface area (Å²) in [5.41, 5.74) is 4.52. The number of hydrazone groups is 1. The van der Waals surface area contributed by atoms with E-state index in [4.69, 9.17) is 16.3 Å². The Balaban J connectivity index is 1.46. The van der Waals surface area contributed by atoms with Crippen molar-refractivity contribution in [3.05, 3.63) is 101 Å². The molecule has 30 heavy (non-hydrogen) atoms. The van der Waals surface area contributed by atoms with Crippen LogP contribution < -0.4 is 15.5 Å². The van der Waals surface area contributed by atoms with Gasteiger partial charge < -0.3 is 10.1 Å². The van der Waals surface area contributed by atoms with Crippen LogP contribution in [-0.4, -0.2) is 24.6 Å². The second-order valence-electron chi connectivity index (χ2n) is 6.30. The van der Waals surface area contributed by atoms with Crippen molar-refractivity contribution in [2.24, 2.45) is 5.10 Å². The van der Waals surface area contributed by atoms with E-state index in [1.807, 2.05) is 54.6 Å². The van der Waals surface area contributed by atoms with E-state index in [-0.39, 0.29) is 6.54 Å². The summed E-state index contributed by atoms with van der Waals surface area (Å²) in [4.78, 5) is 23.9. The van der Waals surface area contributed by atoms with E-state index in [2.05, 4.69) is 15.8 Å². The van der Waals surface area contributed by atoms with Gasteiger partial charge in [-0.1, -0.05) is 66.2 Å². The lowest BCUT2D eigenvalue weighted by Gasteiger charge is -2.07. The van der Waals surface area contributed by atoms with Gasteiger partial charge in [-0.15, -0.1) is 0 Å². The zero-order chi connectivity index (χ0) is 21.2. The fourth-order valence-corrected chi connectivity index (χ4v) is 2.77. The van der Waals surface area contributed by atoms with E-state index in [0.717, 1.165) is 11.1 Å². The number of hydrogen-bond donors (Lipinski definition) is 2. The van der Waals surface area contributed by atoms with Gasteiger partial charge in [-0.25, -0.2) is 5.43 Å². The average Bonchev–Trinajstić information content (AvgIpc) is 2.77. The van der Waals surface area contributed by atoms with Gasteiger partial charge in [-0.2, -0.15) is 5.10 Å². The molecule has 3 rings (SSSR count). The minimum Gasteiger partial charge on any atom is -0.489 e. The summed E-state index contributed by atoms with van der Waals surface area (Å²) < 4.78 is 5.77. The van der Waals surface area contributed by atoms with Crippen molar-refractivity contribution in [3.8, 4) is 5.75 Å². The molecule has 0 spiro atoms. The maximum atomic E-state index is 12.0. The second kappa shape index (κ2) is 10.8. The SMILES string of the molecule is O=C(CNC(=O)c1ccccc1Cl)N/N=C/c1cccc(OCc2ccccc2)c1. The Morgan fingerprint density at radius 1 is 0.967 bits per heavy atom. The Morgan fingerprint density at radius 2 is 1.73 bits per heavy atom. The number of hydrogen-bond acceptors (Lipinski definition) is 4. The summed E-state index contributed by atoms with van der Waals surface area (Å²) in [6.45, 7) is 0.241. The van der Waals surface area contributed by atoms with Crippen LogP contribution in [0, 0.1) is 0 Å². The molecule has 0 unspecified atom stereocenters. The number of rotatable bonds is 8. The number of carbonyl (C=O) groups is 2. The van der Waals surface area contributed by atoms with Crippen LogP contribution in [0.25, 0.3) is 0 Å². The molecule has 7 heteroatoms. The predicted octanol–water partition coefficient (Wildman–Crippen LogP) is 3.80. The minimum atomic E-state index is -0.455. The molecule has 3 aromatic carbocycles. The van der Waals surface area contributed by atoms with Crippen molar-refractivity contribution in [1.82, 2.24) is 10.7 Å². The first kappa shape index (κ1) is 21.1. The smallest absolute Gasteiger partial charge is 0.259 e. The average molecular weight is 422 g/mol. The molecule has 0 heterocycles. The lowest BCUT2D eigenvalue weighted by atomic mass is 10.2. The van der Waals surface area contributed by atoms with Crippen LogP contribution in [0.3, 0.4) is 0 Å². The lowest BCUT2D eigenvalue weighted by Crippen LogP contribution is -2.35. The fraction of sp³-hybridized carbons (Fsp3) is 0.0870. The highest BCUT2D eigenvalue weighted by molar-refractivity contribution is 6.33. The third-order valence-electron chi connectivity index (χ3n) is 4.04. The van der Waals surface area contributed by atoms with Gasteiger partial charge in [0.1, 0.15) is 12.4 Å². The van der Waals surface area contributed by atoms with Gasteiger partial charge in [0, 0.05) is 0 Å². The molecule has 2 amide bonds. The quantitative estimate of drug-likeness (QED) is 0.429. The van der Waals surface area contributed by atoms with E-state index in [9.17, 15) is 9.59 Å². The molecule has 152 valence electrons. The molecule has 3 aromatic rings. The van der Waals surface area contributed by atoms with Crippen molar-refractivity contribution in [2.75, 3.05) is 6.54 Å². The molecule has 0 fully saturated rings. The van der Waals surface area contributed by atoms with Crippen LogP contribution in [-0.2, 0) is 11.4 Å². The third-order valence-corrected chi connectivity index (χ3v) is 4.37. The molecule has 0 bridgehead atoms. The topological polar surface area (TPSA) is 79.8 Å². The zero-order valence-corrected chi connectivity index (χ0v) is 16.8. The fourth-order valence-electron chi connectivity index (χ4n) is 2.55. The Morgan fingerprint density at radius 3 is 2.53 bits per heavy atom. The van der Waals surface area contributed by atoms with Crippen molar-refractivity contribution >= 4 is 29.6 Å².